The van der Waals surface area contributed by atoms with Crippen molar-refractivity contribution in [3.8, 4) is 0 Å². The van der Waals surface area contributed by atoms with Gasteiger partial charge in [-0.2, -0.15) is 0 Å². The van der Waals surface area contributed by atoms with Crippen LogP contribution in [0.25, 0.3) is 0 Å². The molecular weight excluding hydrogens is 290 g/mol. The minimum Gasteiger partial charge on any atom is -0.450 e. The standard InChI is InChI=1S/C19H31NO3/c1-19(2,3)20-18(22)23-14-8-12-17-11-7-10-16(15-17)9-5-4-6-13-21/h7,10-11,15,21H,4-6,8-9,12-14H2,1-3H3,(H,20,22). The minimum atomic E-state index is -0.352. The number of nitrogens with one attached hydrogen (secondary N) is 1. The molecule has 0 spiro atoms. The lowest BCUT2D eigenvalue weighted by molar-refractivity contribution is 0.136. The van der Waals surface area contributed by atoms with Gasteiger partial charge >= 0.3 is 6.09 Å². The summed E-state index contributed by atoms with van der Waals surface area (Å²) < 4.78 is 5.19. The first-order valence-corrected chi connectivity index (χ1v) is 8.54. The summed E-state index contributed by atoms with van der Waals surface area (Å²) in [4.78, 5) is 11.5. The molecule has 0 fully saturated rings. The summed E-state index contributed by atoms with van der Waals surface area (Å²) in [6.45, 7) is 6.51. The number of aliphatic hydroxyl groups is 1. The second-order valence-electron chi connectivity index (χ2n) is 6.97. The number of hydrogen-bond donors (Lipinski definition) is 2. The Labute approximate surface area is 140 Å². The van der Waals surface area contributed by atoms with Crippen molar-refractivity contribution >= 4 is 6.09 Å². The maximum absolute atomic E-state index is 11.5. The number of carbonyl (C=O) groups is 1. The second kappa shape index (κ2) is 10.3. The summed E-state index contributed by atoms with van der Waals surface area (Å²) in [6.07, 6.45) is 5.50. The van der Waals surface area contributed by atoms with Gasteiger partial charge in [0.05, 0.1) is 6.61 Å². The average molecular weight is 321 g/mol. The molecule has 0 saturated carbocycles. The normalized spacial score (nSPS) is 11.3. The molecule has 0 saturated heterocycles. The highest BCUT2D eigenvalue weighted by molar-refractivity contribution is 5.67. The molecule has 4 heteroatoms. The molecule has 1 rings (SSSR count). The van der Waals surface area contributed by atoms with E-state index in [1.54, 1.807) is 0 Å². The molecule has 0 radical (unpaired) electrons. The second-order valence-corrected chi connectivity index (χ2v) is 6.97. The van der Waals surface area contributed by atoms with Gasteiger partial charge in [0, 0.05) is 12.1 Å². The van der Waals surface area contributed by atoms with Crippen LogP contribution in [0.2, 0.25) is 0 Å². The zero-order chi connectivity index (χ0) is 17.1. The van der Waals surface area contributed by atoms with Gasteiger partial charge in [0.25, 0.3) is 0 Å². The van der Waals surface area contributed by atoms with Crippen molar-refractivity contribution in [2.24, 2.45) is 0 Å². The molecule has 1 aromatic rings. The van der Waals surface area contributed by atoms with Crippen molar-refractivity contribution in [2.75, 3.05) is 13.2 Å². The number of aliphatic hydroxyl groups excluding tert-OH is 1. The lowest BCUT2D eigenvalue weighted by atomic mass is 10.0. The Balaban J connectivity index is 2.25. The Morgan fingerprint density at radius 3 is 2.35 bits per heavy atom. The van der Waals surface area contributed by atoms with E-state index >= 15 is 0 Å². The van der Waals surface area contributed by atoms with Crippen LogP contribution in [0.15, 0.2) is 24.3 Å². The van der Waals surface area contributed by atoms with E-state index in [1.807, 2.05) is 20.8 Å². The predicted octanol–water partition coefficient (Wildman–Crippen LogP) is 3.85. The molecule has 0 aliphatic rings. The number of alkyl carbamates (subject to hydrolysis) is 1. The molecule has 4 nitrogen and oxygen atoms in total. The molecule has 0 unspecified atom stereocenters. The van der Waals surface area contributed by atoms with Crippen molar-refractivity contribution in [1.29, 1.82) is 0 Å². The quantitative estimate of drug-likeness (QED) is 0.679. The molecule has 0 heterocycles. The average Bonchev–Trinajstić information content (AvgIpc) is 2.47. The molecule has 23 heavy (non-hydrogen) atoms. The largest absolute Gasteiger partial charge is 0.450 e. The van der Waals surface area contributed by atoms with Crippen LogP contribution >= 0.6 is 0 Å². The monoisotopic (exact) mass is 321 g/mol. The number of unbranched alkanes of at least 4 members (excludes halogenated alkanes) is 2. The van der Waals surface area contributed by atoms with Crippen LogP contribution in [0.1, 0.15) is 57.6 Å². The fraction of sp³-hybridized carbons (Fsp3) is 0.632. The van der Waals surface area contributed by atoms with Gasteiger partial charge in [0.15, 0.2) is 0 Å². The third-order valence-electron chi connectivity index (χ3n) is 3.43. The van der Waals surface area contributed by atoms with Gasteiger partial charge in [-0.3, -0.25) is 0 Å². The van der Waals surface area contributed by atoms with Crippen LogP contribution in [-0.4, -0.2) is 30.0 Å². The summed E-state index contributed by atoms with van der Waals surface area (Å²) in [5.74, 6) is 0. The van der Waals surface area contributed by atoms with E-state index in [2.05, 4.69) is 29.6 Å². The Bertz CT molecular complexity index is 466. The number of hydrogen-bond acceptors (Lipinski definition) is 3. The third-order valence-corrected chi connectivity index (χ3v) is 3.43. The van der Waals surface area contributed by atoms with Gasteiger partial charge in [-0.1, -0.05) is 30.7 Å². The van der Waals surface area contributed by atoms with Crippen molar-refractivity contribution in [3.05, 3.63) is 35.4 Å². The number of amides is 1. The Morgan fingerprint density at radius 1 is 1.09 bits per heavy atom. The number of carbonyl (C=O) groups excluding carboxylic acids is 1. The molecule has 1 aromatic carbocycles. The van der Waals surface area contributed by atoms with Crippen LogP contribution in [0.3, 0.4) is 0 Å². The van der Waals surface area contributed by atoms with E-state index in [4.69, 9.17) is 9.84 Å². The van der Waals surface area contributed by atoms with E-state index in [1.165, 1.54) is 11.1 Å². The fourth-order valence-corrected chi connectivity index (χ4v) is 2.34. The summed E-state index contributed by atoms with van der Waals surface area (Å²) in [5, 5.41) is 11.6. The first-order chi connectivity index (χ1) is 10.9. The Kier molecular flexibility index (Phi) is 8.70. The highest BCUT2D eigenvalue weighted by atomic mass is 16.5. The predicted molar refractivity (Wildman–Crippen MR) is 93.6 cm³/mol. The summed E-state index contributed by atoms with van der Waals surface area (Å²) >= 11 is 0. The number of benzene rings is 1. The van der Waals surface area contributed by atoms with Crippen molar-refractivity contribution in [1.82, 2.24) is 5.32 Å². The first kappa shape index (κ1) is 19.5. The zero-order valence-corrected chi connectivity index (χ0v) is 14.7. The van der Waals surface area contributed by atoms with E-state index in [9.17, 15) is 4.79 Å². The topological polar surface area (TPSA) is 58.6 Å². The van der Waals surface area contributed by atoms with Crippen LogP contribution < -0.4 is 5.32 Å². The molecule has 0 bridgehead atoms. The molecule has 2 N–H and O–H groups in total. The summed E-state index contributed by atoms with van der Waals surface area (Å²) in [5.41, 5.74) is 2.36. The number of aryl methyl sites for hydroxylation is 2. The lowest BCUT2D eigenvalue weighted by Crippen LogP contribution is -2.41. The van der Waals surface area contributed by atoms with Gasteiger partial charge in [-0.25, -0.2) is 4.79 Å². The van der Waals surface area contributed by atoms with Crippen LogP contribution in [0.5, 0.6) is 0 Å². The van der Waals surface area contributed by atoms with Gasteiger partial charge in [0.2, 0.25) is 0 Å². The Morgan fingerprint density at radius 2 is 1.74 bits per heavy atom. The Hall–Kier alpha value is -1.55. The fourth-order valence-electron chi connectivity index (χ4n) is 2.34. The van der Waals surface area contributed by atoms with Gasteiger partial charge in [0.1, 0.15) is 0 Å². The van der Waals surface area contributed by atoms with Crippen LogP contribution in [0.4, 0.5) is 4.79 Å². The van der Waals surface area contributed by atoms with Crippen molar-refractivity contribution < 1.29 is 14.6 Å². The summed E-state index contributed by atoms with van der Waals surface area (Å²) in [7, 11) is 0. The van der Waals surface area contributed by atoms with Gasteiger partial charge in [-0.15, -0.1) is 0 Å². The van der Waals surface area contributed by atoms with E-state index in [0.29, 0.717) is 6.61 Å². The smallest absolute Gasteiger partial charge is 0.407 e. The van der Waals surface area contributed by atoms with Gasteiger partial charge < -0.3 is 15.2 Å². The molecule has 0 atom stereocenters. The highest BCUT2D eigenvalue weighted by Crippen LogP contribution is 2.11. The molecule has 0 aliphatic carbocycles. The van der Waals surface area contributed by atoms with Crippen molar-refractivity contribution in [2.45, 2.75) is 64.8 Å². The van der Waals surface area contributed by atoms with E-state index < -0.39 is 0 Å². The lowest BCUT2D eigenvalue weighted by Gasteiger charge is -2.19. The molecule has 1 amide bonds. The van der Waals surface area contributed by atoms with Crippen LogP contribution in [-0.2, 0) is 17.6 Å². The zero-order valence-electron chi connectivity index (χ0n) is 14.7. The molecule has 130 valence electrons. The van der Waals surface area contributed by atoms with E-state index in [-0.39, 0.29) is 18.2 Å². The van der Waals surface area contributed by atoms with Crippen LogP contribution in [0, 0.1) is 0 Å². The maximum Gasteiger partial charge on any atom is 0.407 e. The van der Waals surface area contributed by atoms with Gasteiger partial charge in [-0.05, 0) is 64.0 Å². The van der Waals surface area contributed by atoms with Crippen molar-refractivity contribution in [3.63, 3.8) is 0 Å². The number of rotatable bonds is 9. The molecular formula is C19H31NO3. The first-order valence-electron chi connectivity index (χ1n) is 8.54. The summed E-state index contributed by atoms with van der Waals surface area (Å²) in [6, 6.07) is 8.58. The molecule has 0 aliphatic heterocycles. The molecule has 0 aromatic heterocycles. The number of ether oxygens (including phenoxy) is 1. The third kappa shape index (κ3) is 9.95. The minimum absolute atomic E-state index is 0.262. The van der Waals surface area contributed by atoms with E-state index in [0.717, 1.165) is 38.5 Å². The maximum atomic E-state index is 11.5. The highest BCUT2D eigenvalue weighted by Gasteiger charge is 2.14. The SMILES string of the molecule is CC(C)(C)NC(=O)OCCCc1cccc(CCCCCO)c1.